The van der Waals surface area contributed by atoms with Gasteiger partial charge in [0.25, 0.3) is 5.91 Å². The lowest BCUT2D eigenvalue weighted by molar-refractivity contribution is -0.163. The van der Waals surface area contributed by atoms with Crippen molar-refractivity contribution < 1.29 is 24.7 Å². The second-order valence-electron chi connectivity index (χ2n) is 9.16. The zero-order valence-electron chi connectivity index (χ0n) is 21.1. The fourth-order valence-corrected chi connectivity index (χ4v) is 3.89. The Balaban J connectivity index is 2.09. The third-order valence-electron chi connectivity index (χ3n) is 6.03. The quantitative estimate of drug-likeness (QED) is 0.192. The van der Waals surface area contributed by atoms with E-state index in [2.05, 4.69) is 26.8 Å². The lowest BCUT2D eigenvalue weighted by Crippen LogP contribution is -2.44. The maximum atomic E-state index is 13.0. The molecule has 0 radical (unpaired) electrons. The van der Waals surface area contributed by atoms with Gasteiger partial charge in [-0.1, -0.05) is 81.4 Å². The highest BCUT2D eigenvalue weighted by molar-refractivity contribution is 6.38. The molecule has 1 aromatic carbocycles. The molecule has 1 unspecified atom stereocenters. The van der Waals surface area contributed by atoms with Crippen molar-refractivity contribution in [3.63, 3.8) is 0 Å². The van der Waals surface area contributed by atoms with E-state index in [9.17, 15) is 24.7 Å². The first kappa shape index (κ1) is 27.7. The maximum Gasteiger partial charge on any atom is 0.269 e. The number of carbonyl (C=O) groups excluding carboxylic acids is 3. The van der Waals surface area contributed by atoms with E-state index in [0.717, 1.165) is 18.2 Å². The van der Waals surface area contributed by atoms with Crippen molar-refractivity contribution in [2.75, 3.05) is 0 Å². The number of phenols is 1. The highest BCUT2D eigenvalue weighted by Gasteiger charge is 2.42. The summed E-state index contributed by atoms with van der Waals surface area (Å²) < 4.78 is 0. The van der Waals surface area contributed by atoms with Crippen molar-refractivity contribution in [1.29, 1.82) is 0 Å². The summed E-state index contributed by atoms with van der Waals surface area (Å²) in [5, 5.41) is 19.7. The third-order valence-corrected chi connectivity index (χ3v) is 6.03. The van der Waals surface area contributed by atoms with Crippen molar-refractivity contribution in [2.45, 2.75) is 47.5 Å². The summed E-state index contributed by atoms with van der Waals surface area (Å²) in [5.41, 5.74) is 1.76. The van der Waals surface area contributed by atoms with Gasteiger partial charge in [-0.05, 0) is 55.4 Å². The van der Waals surface area contributed by atoms with Crippen LogP contribution >= 0.6 is 0 Å². The number of hydroxylamine groups is 2. The van der Waals surface area contributed by atoms with E-state index in [0.29, 0.717) is 17.4 Å². The summed E-state index contributed by atoms with van der Waals surface area (Å²) in [5.74, 6) is -2.83. The van der Waals surface area contributed by atoms with E-state index in [-0.39, 0.29) is 22.0 Å². The van der Waals surface area contributed by atoms with E-state index < -0.39 is 23.4 Å². The number of Topliss-reactive ketones (excluding diaryl/α,β-unsaturated/α-hetero) is 2. The molecule has 6 heteroatoms. The summed E-state index contributed by atoms with van der Waals surface area (Å²) in [7, 11) is 0. The molecule has 1 amide bonds. The molecule has 6 nitrogen and oxygen atoms in total. The molecule has 0 saturated heterocycles. The number of rotatable bonds is 10. The summed E-state index contributed by atoms with van der Waals surface area (Å²) >= 11 is 0. The highest BCUT2D eigenvalue weighted by Crippen LogP contribution is 2.28. The van der Waals surface area contributed by atoms with Gasteiger partial charge in [-0.25, -0.2) is 0 Å². The van der Waals surface area contributed by atoms with Gasteiger partial charge in [-0.15, -0.1) is 0 Å². The Bertz CT molecular complexity index is 1090. The van der Waals surface area contributed by atoms with Crippen LogP contribution in [0, 0.1) is 17.8 Å². The number of nitrogens with zero attached hydrogens (tertiary/aromatic N) is 1. The van der Waals surface area contributed by atoms with Gasteiger partial charge >= 0.3 is 0 Å². The molecule has 1 aliphatic heterocycles. The minimum Gasteiger partial charge on any atom is -0.508 e. The number of ketones is 2. The summed E-state index contributed by atoms with van der Waals surface area (Å²) in [6.07, 6.45) is 14.4. The Morgan fingerprint density at radius 2 is 1.74 bits per heavy atom. The lowest BCUT2D eigenvalue weighted by atomic mass is 9.85. The molecule has 0 spiro atoms. The molecule has 1 aromatic rings. The first-order valence-corrected chi connectivity index (χ1v) is 11.9. The second-order valence-corrected chi connectivity index (χ2v) is 9.16. The van der Waals surface area contributed by atoms with Crippen molar-refractivity contribution in [1.82, 2.24) is 5.06 Å². The fourth-order valence-electron chi connectivity index (χ4n) is 3.89. The van der Waals surface area contributed by atoms with Crippen LogP contribution in [0.25, 0.3) is 5.57 Å². The summed E-state index contributed by atoms with van der Waals surface area (Å²) in [6, 6.07) is 5.71. The van der Waals surface area contributed by atoms with Crippen molar-refractivity contribution in [3.8, 4) is 5.75 Å². The van der Waals surface area contributed by atoms with Crippen LogP contribution in [-0.2, 0) is 14.4 Å². The molecular weight excluding hydrogens is 442 g/mol. The molecular formula is C29H35NO5. The van der Waals surface area contributed by atoms with Gasteiger partial charge in [-0.2, -0.15) is 5.06 Å². The zero-order valence-corrected chi connectivity index (χ0v) is 21.1. The van der Waals surface area contributed by atoms with E-state index in [1.165, 1.54) is 43.7 Å². The van der Waals surface area contributed by atoms with E-state index in [1.54, 1.807) is 12.2 Å². The fraction of sp³-hybridized carbons (Fsp3) is 0.345. The minimum atomic E-state index is -1.66. The van der Waals surface area contributed by atoms with Crippen LogP contribution in [-0.4, -0.2) is 32.9 Å². The average molecular weight is 478 g/mol. The smallest absolute Gasteiger partial charge is 0.269 e. The third kappa shape index (κ3) is 7.76. The van der Waals surface area contributed by atoms with Crippen LogP contribution in [0.5, 0.6) is 5.75 Å². The topological polar surface area (TPSA) is 94.9 Å². The molecule has 0 saturated carbocycles. The Morgan fingerprint density at radius 3 is 2.37 bits per heavy atom. The summed E-state index contributed by atoms with van der Waals surface area (Å²) in [4.78, 5) is 38.3. The van der Waals surface area contributed by atoms with Crippen LogP contribution in [0.15, 0.2) is 78.1 Å². The molecule has 2 rings (SSSR count). The van der Waals surface area contributed by atoms with Gasteiger partial charge in [0.1, 0.15) is 5.75 Å². The van der Waals surface area contributed by atoms with Crippen molar-refractivity contribution in [2.24, 2.45) is 17.8 Å². The predicted octanol–water partition coefficient (Wildman–Crippen LogP) is 5.80. The van der Waals surface area contributed by atoms with Crippen molar-refractivity contribution in [3.05, 3.63) is 83.6 Å². The first-order valence-electron chi connectivity index (χ1n) is 11.9. The number of hydrogen-bond donors (Lipinski definition) is 2. The van der Waals surface area contributed by atoms with E-state index in [4.69, 9.17) is 0 Å². The van der Waals surface area contributed by atoms with Gasteiger partial charge in [-0.3, -0.25) is 19.6 Å². The van der Waals surface area contributed by atoms with Gasteiger partial charge < -0.3 is 5.11 Å². The number of carbonyl (C=O) groups is 3. The summed E-state index contributed by atoms with van der Waals surface area (Å²) in [6.45, 7) is 10.2. The normalized spacial score (nSPS) is 19.4. The number of allylic oxidation sites excluding steroid dienone is 9. The molecule has 186 valence electrons. The molecule has 0 bridgehead atoms. The largest absolute Gasteiger partial charge is 0.508 e. The zero-order chi connectivity index (χ0) is 26.1. The van der Waals surface area contributed by atoms with Gasteiger partial charge in [0.15, 0.2) is 17.5 Å². The lowest BCUT2D eigenvalue weighted by Gasteiger charge is -2.25. The SMILES string of the molecule is CC[C@@H](C)C[C@@H](C)/C=C(C)/C=C/C=C/C=C(\C)C(=O)C1C(=O)C(c2ccc(O)cc2)=CN(O)C1=O. The number of phenolic OH excluding ortho intramolecular Hbond substituents is 1. The van der Waals surface area contributed by atoms with E-state index >= 15 is 0 Å². The number of benzene rings is 1. The van der Waals surface area contributed by atoms with Gasteiger partial charge in [0, 0.05) is 11.8 Å². The van der Waals surface area contributed by atoms with Crippen LogP contribution in [0.1, 0.15) is 53.0 Å². The standard InChI is InChI=1S/C29H35NO5/c1-6-19(2)16-21(4)17-20(3)10-8-7-9-11-22(5)27(32)26-28(33)25(18-30(35)29(26)34)23-12-14-24(31)15-13-23/h7-15,17-19,21,26,31,35H,6,16H2,1-5H3/b9-7+,10-8+,20-17+,22-11+/t19-,21-,26?/m1/s1. The number of hydrogen-bond acceptors (Lipinski definition) is 5. The Labute approximate surface area is 207 Å². The molecule has 0 fully saturated rings. The van der Waals surface area contributed by atoms with Crippen LogP contribution < -0.4 is 0 Å². The van der Waals surface area contributed by atoms with Crippen LogP contribution in [0.3, 0.4) is 0 Å². The molecule has 2 N–H and O–H groups in total. The molecule has 3 atom stereocenters. The molecule has 0 aromatic heterocycles. The van der Waals surface area contributed by atoms with Gasteiger partial charge in [0.2, 0.25) is 0 Å². The average Bonchev–Trinajstić information content (AvgIpc) is 2.81. The predicted molar refractivity (Wildman–Crippen MR) is 137 cm³/mol. The van der Waals surface area contributed by atoms with Crippen LogP contribution in [0.4, 0.5) is 0 Å². The molecule has 35 heavy (non-hydrogen) atoms. The molecule has 0 aliphatic carbocycles. The van der Waals surface area contributed by atoms with Crippen LogP contribution in [0.2, 0.25) is 0 Å². The molecule has 1 aliphatic rings. The number of amides is 1. The Kier molecular flexibility index (Phi) is 10.2. The van der Waals surface area contributed by atoms with Crippen molar-refractivity contribution >= 4 is 23.0 Å². The van der Waals surface area contributed by atoms with E-state index in [1.807, 2.05) is 19.1 Å². The monoisotopic (exact) mass is 477 g/mol. The molecule has 1 heterocycles. The first-order chi connectivity index (χ1) is 16.5. The Morgan fingerprint density at radius 1 is 1.09 bits per heavy atom. The highest BCUT2D eigenvalue weighted by atomic mass is 16.5. The number of aromatic hydroxyl groups is 1. The maximum absolute atomic E-state index is 13.0. The second kappa shape index (κ2) is 12.8. The minimum absolute atomic E-state index is 0.00747. The Hall–Kier alpha value is -3.51. The van der Waals surface area contributed by atoms with Gasteiger partial charge in [0.05, 0.1) is 0 Å².